The van der Waals surface area contributed by atoms with Crippen molar-refractivity contribution in [2.24, 2.45) is 5.10 Å². The van der Waals surface area contributed by atoms with Crippen LogP contribution in [0.1, 0.15) is 35.7 Å². The number of rotatable bonds is 9. The molecule has 0 heterocycles. The standard InChI is InChI=1S/C19H19N5O6/c1-13(14-4-8-16(9-5-14)23(27)28)21-22-18(25)3-2-12-20-19(26)15-6-10-17(11-7-15)24(29)30/h4-11H,2-3,12H2,1H3,(H,20,26)(H,22,25)/b21-13+. The smallest absolute Gasteiger partial charge is 0.269 e. The number of carbonyl (C=O) groups excluding carboxylic acids is 2. The van der Waals surface area contributed by atoms with Crippen molar-refractivity contribution in [1.29, 1.82) is 0 Å². The third-order valence-corrected chi connectivity index (χ3v) is 4.05. The molecule has 0 aromatic heterocycles. The van der Waals surface area contributed by atoms with Gasteiger partial charge in [0.05, 0.1) is 15.6 Å². The Morgan fingerprint density at radius 1 is 0.900 bits per heavy atom. The first-order valence-electron chi connectivity index (χ1n) is 8.88. The molecule has 156 valence electrons. The number of nitrogens with zero attached hydrogens (tertiary/aromatic N) is 3. The fourth-order valence-corrected chi connectivity index (χ4v) is 2.38. The lowest BCUT2D eigenvalue weighted by atomic mass is 10.1. The number of benzene rings is 2. The molecule has 2 rings (SSSR count). The number of non-ortho nitro benzene ring substituents is 2. The molecule has 0 fully saturated rings. The van der Waals surface area contributed by atoms with E-state index in [9.17, 15) is 29.8 Å². The first-order chi connectivity index (χ1) is 14.3. The summed E-state index contributed by atoms with van der Waals surface area (Å²) in [7, 11) is 0. The summed E-state index contributed by atoms with van der Waals surface area (Å²) in [6, 6.07) is 11.0. The number of amides is 2. The van der Waals surface area contributed by atoms with Gasteiger partial charge in [0.15, 0.2) is 0 Å². The minimum absolute atomic E-state index is 0.0358. The molecule has 2 amide bonds. The first kappa shape index (κ1) is 22.1. The van der Waals surface area contributed by atoms with Crippen LogP contribution in [0.2, 0.25) is 0 Å². The summed E-state index contributed by atoms with van der Waals surface area (Å²) < 4.78 is 0. The molecule has 0 aliphatic rings. The van der Waals surface area contributed by atoms with Crippen LogP contribution in [-0.4, -0.2) is 33.9 Å². The lowest BCUT2D eigenvalue weighted by molar-refractivity contribution is -0.385. The van der Waals surface area contributed by atoms with Crippen LogP contribution >= 0.6 is 0 Å². The van der Waals surface area contributed by atoms with Gasteiger partial charge < -0.3 is 5.32 Å². The second kappa shape index (κ2) is 10.4. The van der Waals surface area contributed by atoms with Gasteiger partial charge in [-0.15, -0.1) is 0 Å². The van der Waals surface area contributed by atoms with Gasteiger partial charge in [-0.1, -0.05) is 0 Å². The zero-order valence-corrected chi connectivity index (χ0v) is 16.0. The van der Waals surface area contributed by atoms with Gasteiger partial charge in [0.25, 0.3) is 17.3 Å². The van der Waals surface area contributed by atoms with Gasteiger partial charge in [-0.2, -0.15) is 5.10 Å². The van der Waals surface area contributed by atoms with Gasteiger partial charge in [0, 0.05) is 42.8 Å². The van der Waals surface area contributed by atoms with Crippen LogP contribution in [0.3, 0.4) is 0 Å². The highest BCUT2D eigenvalue weighted by Crippen LogP contribution is 2.13. The molecule has 2 aromatic rings. The molecule has 11 nitrogen and oxygen atoms in total. The van der Waals surface area contributed by atoms with Gasteiger partial charge >= 0.3 is 0 Å². The van der Waals surface area contributed by atoms with Crippen molar-refractivity contribution in [2.45, 2.75) is 19.8 Å². The van der Waals surface area contributed by atoms with Crippen molar-refractivity contribution in [2.75, 3.05) is 6.54 Å². The lowest BCUT2D eigenvalue weighted by Crippen LogP contribution is -2.26. The van der Waals surface area contributed by atoms with Crippen molar-refractivity contribution in [1.82, 2.24) is 10.7 Å². The molecule has 0 aliphatic carbocycles. The maximum absolute atomic E-state index is 12.0. The summed E-state index contributed by atoms with van der Waals surface area (Å²) in [6.45, 7) is 1.90. The molecule has 11 heteroatoms. The van der Waals surface area contributed by atoms with E-state index in [1.54, 1.807) is 6.92 Å². The Balaban J connectivity index is 1.73. The van der Waals surface area contributed by atoms with Crippen molar-refractivity contribution in [3.05, 3.63) is 79.9 Å². The second-order valence-corrected chi connectivity index (χ2v) is 6.20. The summed E-state index contributed by atoms with van der Waals surface area (Å²) in [5, 5.41) is 27.8. The van der Waals surface area contributed by atoms with Crippen LogP contribution in [0.5, 0.6) is 0 Å². The summed E-state index contributed by atoms with van der Waals surface area (Å²) in [6.07, 6.45) is 0.494. The van der Waals surface area contributed by atoms with Crippen LogP contribution in [0.4, 0.5) is 11.4 Å². The van der Waals surface area contributed by atoms with E-state index in [1.807, 2.05) is 0 Å². The van der Waals surface area contributed by atoms with E-state index in [-0.39, 0.29) is 35.8 Å². The Hall–Kier alpha value is -4.15. The van der Waals surface area contributed by atoms with Crippen molar-refractivity contribution < 1.29 is 19.4 Å². The predicted octanol–water partition coefficient (Wildman–Crippen LogP) is 2.55. The van der Waals surface area contributed by atoms with E-state index in [4.69, 9.17) is 0 Å². The quantitative estimate of drug-likeness (QED) is 0.278. The average molecular weight is 413 g/mol. The Labute approximate surface area is 171 Å². The molecule has 30 heavy (non-hydrogen) atoms. The van der Waals surface area contributed by atoms with E-state index in [2.05, 4.69) is 15.8 Å². The Bertz CT molecular complexity index is 970. The number of nitrogens with one attached hydrogen (secondary N) is 2. The summed E-state index contributed by atoms with van der Waals surface area (Å²) in [5.41, 5.74) is 3.67. The SMILES string of the molecule is C/C(=N\NC(=O)CCCNC(=O)c1ccc([N+](=O)[O-])cc1)c1ccc([N+](=O)[O-])cc1. The predicted molar refractivity (Wildman–Crippen MR) is 108 cm³/mol. The molecule has 0 bridgehead atoms. The van der Waals surface area contributed by atoms with Crippen LogP contribution in [0, 0.1) is 20.2 Å². The summed E-state index contributed by atoms with van der Waals surface area (Å²) >= 11 is 0. The second-order valence-electron chi connectivity index (χ2n) is 6.20. The molecular weight excluding hydrogens is 394 g/mol. The number of nitro groups is 2. The van der Waals surface area contributed by atoms with E-state index in [1.165, 1.54) is 48.5 Å². The molecule has 0 spiro atoms. The molecule has 0 unspecified atom stereocenters. The van der Waals surface area contributed by atoms with E-state index in [0.29, 0.717) is 17.7 Å². The van der Waals surface area contributed by atoms with Crippen LogP contribution in [0.25, 0.3) is 0 Å². The van der Waals surface area contributed by atoms with E-state index in [0.717, 1.165) is 0 Å². The Morgan fingerprint density at radius 2 is 1.40 bits per heavy atom. The summed E-state index contributed by atoms with van der Waals surface area (Å²) in [5.74, 6) is -0.738. The number of hydrazone groups is 1. The topological polar surface area (TPSA) is 157 Å². The lowest BCUT2D eigenvalue weighted by Gasteiger charge is -2.05. The van der Waals surface area contributed by atoms with Crippen LogP contribution < -0.4 is 10.7 Å². The summed E-state index contributed by atoms with van der Waals surface area (Å²) in [4.78, 5) is 44.0. The number of carbonyl (C=O) groups is 2. The molecule has 0 atom stereocenters. The molecular formula is C19H19N5O6. The number of nitro benzene ring substituents is 2. The largest absolute Gasteiger partial charge is 0.352 e. The number of hydrogen-bond acceptors (Lipinski definition) is 7. The fraction of sp³-hybridized carbons (Fsp3) is 0.211. The molecule has 2 N–H and O–H groups in total. The minimum Gasteiger partial charge on any atom is -0.352 e. The number of hydrogen-bond donors (Lipinski definition) is 2. The van der Waals surface area contributed by atoms with Crippen LogP contribution in [-0.2, 0) is 4.79 Å². The molecule has 0 saturated carbocycles. The van der Waals surface area contributed by atoms with Crippen molar-refractivity contribution in [3.8, 4) is 0 Å². The van der Waals surface area contributed by atoms with Gasteiger partial charge in [-0.3, -0.25) is 29.8 Å². The van der Waals surface area contributed by atoms with Crippen molar-refractivity contribution in [3.63, 3.8) is 0 Å². The minimum atomic E-state index is -0.549. The van der Waals surface area contributed by atoms with Crippen LogP contribution in [0.15, 0.2) is 53.6 Å². The molecule has 2 aromatic carbocycles. The molecule has 0 aliphatic heterocycles. The maximum Gasteiger partial charge on any atom is 0.269 e. The fourth-order valence-electron chi connectivity index (χ4n) is 2.38. The normalized spacial score (nSPS) is 10.9. The highest BCUT2D eigenvalue weighted by molar-refractivity contribution is 5.99. The monoisotopic (exact) mass is 413 g/mol. The van der Waals surface area contributed by atoms with E-state index >= 15 is 0 Å². The zero-order valence-electron chi connectivity index (χ0n) is 16.0. The third-order valence-electron chi connectivity index (χ3n) is 4.05. The Morgan fingerprint density at radius 3 is 1.90 bits per heavy atom. The average Bonchev–Trinajstić information content (AvgIpc) is 2.75. The highest BCUT2D eigenvalue weighted by atomic mass is 16.6. The van der Waals surface area contributed by atoms with Crippen molar-refractivity contribution >= 4 is 28.9 Å². The Kier molecular flexibility index (Phi) is 7.68. The van der Waals surface area contributed by atoms with E-state index < -0.39 is 15.8 Å². The molecule has 0 radical (unpaired) electrons. The van der Waals surface area contributed by atoms with Gasteiger partial charge in [0.1, 0.15) is 0 Å². The van der Waals surface area contributed by atoms with Gasteiger partial charge in [-0.25, -0.2) is 5.43 Å². The van der Waals surface area contributed by atoms with Gasteiger partial charge in [-0.05, 0) is 43.2 Å². The van der Waals surface area contributed by atoms with Gasteiger partial charge in [0.2, 0.25) is 5.91 Å². The first-order valence-corrected chi connectivity index (χ1v) is 8.88. The molecule has 0 saturated heterocycles. The zero-order chi connectivity index (χ0) is 22.1. The third kappa shape index (κ3) is 6.48. The highest BCUT2D eigenvalue weighted by Gasteiger charge is 2.10. The maximum atomic E-state index is 12.0.